The zero-order valence-corrected chi connectivity index (χ0v) is 15.1. The number of hydroxylamine groups is 1. The van der Waals surface area contributed by atoms with Crippen molar-refractivity contribution in [3.05, 3.63) is 65.7 Å². The summed E-state index contributed by atoms with van der Waals surface area (Å²) in [5.41, 5.74) is 3.61. The first kappa shape index (κ1) is 19.5. The lowest BCUT2D eigenvalue weighted by Crippen LogP contribution is -2.45. The number of rotatable bonds is 5. The largest absolute Gasteiger partial charge is 0.371 e. The SMILES string of the molecule is O=C(/C=C/c1ccccc1N1CCC(NC(=O)c2ccc(F)cn2)CC1)NO. The standard InChI is InChI=1S/C20H21FN4O3/c21-15-6-7-17(22-13-15)20(27)23-16-9-11-25(12-10-16)18-4-2-1-3-14(18)5-8-19(26)24-28/h1-8,13,16,28H,9-12H2,(H,23,27)(H,24,26)/b8-5+. The van der Waals surface area contributed by atoms with E-state index in [1.54, 1.807) is 11.6 Å². The van der Waals surface area contributed by atoms with E-state index in [0.29, 0.717) is 0 Å². The number of nitrogens with zero attached hydrogens (tertiary/aromatic N) is 2. The molecule has 2 amide bonds. The number of benzene rings is 1. The summed E-state index contributed by atoms with van der Waals surface area (Å²) in [6.45, 7) is 1.47. The molecule has 1 aromatic carbocycles. The number of carbonyl (C=O) groups is 2. The van der Waals surface area contributed by atoms with Gasteiger partial charge >= 0.3 is 0 Å². The van der Waals surface area contributed by atoms with E-state index in [1.807, 2.05) is 24.3 Å². The molecule has 7 nitrogen and oxygen atoms in total. The summed E-state index contributed by atoms with van der Waals surface area (Å²) in [5, 5.41) is 11.6. The van der Waals surface area contributed by atoms with Crippen molar-refractivity contribution in [3.8, 4) is 0 Å². The molecule has 1 fully saturated rings. The number of carbonyl (C=O) groups excluding carboxylic acids is 2. The van der Waals surface area contributed by atoms with Crippen LogP contribution in [0.25, 0.3) is 6.08 Å². The number of halogens is 1. The van der Waals surface area contributed by atoms with Crippen LogP contribution < -0.4 is 15.7 Å². The number of para-hydroxylation sites is 1. The second-order valence-corrected chi connectivity index (χ2v) is 6.46. The zero-order valence-electron chi connectivity index (χ0n) is 15.1. The lowest BCUT2D eigenvalue weighted by atomic mass is 10.0. The van der Waals surface area contributed by atoms with Crippen LogP contribution in [0.3, 0.4) is 0 Å². The minimum Gasteiger partial charge on any atom is -0.371 e. The molecule has 0 saturated carbocycles. The first-order valence-corrected chi connectivity index (χ1v) is 8.95. The normalized spacial score (nSPS) is 14.9. The zero-order chi connectivity index (χ0) is 19.9. The van der Waals surface area contributed by atoms with Gasteiger partial charge in [0.15, 0.2) is 0 Å². The van der Waals surface area contributed by atoms with Gasteiger partial charge in [-0.3, -0.25) is 14.8 Å². The van der Waals surface area contributed by atoms with Crippen LogP contribution in [0.2, 0.25) is 0 Å². The van der Waals surface area contributed by atoms with Gasteiger partial charge in [0.1, 0.15) is 11.5 Å². The molecule has 1 aliphatic heterocycles. The monoisotopic (exact) mass is 384 g/mol. The van der Waals surface area contributed by atoms with Gasteiger partial charge in [0, 0.05) is 30.9 Å². The molecule has 0 unspecified atom stereocenters. The Labute approximate surface area is 161 Å². The molecule has 1 aromatic heterocycles. The van der Waals surface area contributed by atoms with Crippen molar-refractivity contribution >= 4 is 23.6 Å². The summed E-state index contributed by atoms with van der Waals surface area (Å²) in [6.07, 6.45) is 5.44. The van der Waals surface area contributed by atoms with Gasteiger partial charge < -0.3 is 10.2 Å². The lowest BCUT2D eigenvalue weighted by Gasteiger charge is -2.34. The Morgan fingerprint density at radius 1 is 1.18 bits per heavy atom. The molecular weight excluding hydrogens is 363 g/mol. The van der Waals surface area contributed by atoms with Gasteiger partial charge in [-0.15, -0.1) is 0 Å². The maximum Gasteiger partial charge on any atom is 0.270 e. The van der Waals surface area contributed by atoms with Gasteiger partial charge in [-0.1, -0.05) is 18.2 Å². The quantitative estimate of drug-likeness (QED) is 0.417. The summed E-state index contributed by atoms with van der Waals surface area (Å²) < 4.78 is 12.9. The Kier molecular flexibility index (Phi) is 6.33. The molecule has 0 spiro atoms. The number of nitrogens with one attached hydrogen (secondary N) is 2. The highest BCUT2D eigenvalue weighted by molar-refractivity contribution is 5.92. The van der Waals surface area contributed by atoms with Crippen molar-refractivity contribution in [2.24, 2.45) is 0 Å². The topological polar surface area (TPSA) is 94.6 Å². The van der Waals surface area contributed by atoms with E-state index in [-0.39, 0.29) is 17.6 Å². The minimum absolute atomic E-state index is 0.0125. The first-order chi connectivity index (χ1) is 13.6. The van der Waals surface area contributed by atoms with Gasteiger partial charge in [-0.2, -0.15) is 0 Å². The molecule has 0 atom stereocenters. The minimum atomic E-state index is -0.592. The van der Waals surface area contributed by atoms with Crippen LogP contribution in [-0.2, 0) is 4.79 Å². The van der Waals surface area contributed by atoms with Crippen molar-refractivity contribution in [2.75, 3.05) is 18.0 Å². The van der Waals surface area contributed by atoms with Gasteiger partial charge in [-0.25, -0.2) is 14.9 Å². The third kappa shape index (κ3) is 4.92. The number of hydrogen-bond donors (Lipinski definition) is 3. The van der Waals surface area contributed by atoms with Crippen LogP contribution in [0.4, 0.5) is 10.1 Å². The first-order valence-electron chi connectivity index (χ1n) is 8.95. The average Bonchev–Trinajstić information content (AvgIpc) is 2.73. The van der Waals surface area contributed by atoms with E-state index in [1.165, 1.54) is 18.2 Å². The number of amides is 2. The second-order valence-electron chi connectivity index (χ2n) is 6.46. The summed E-state index contributed by atoms with van der Waals surface area (Å²) >= 11 is 0. The van der Waals surface area contributed by atoms with E-state index in [2.05, 4.69) is 15.2 Å². The van der Waals surface area contributed by atoms with E-state index < -0.39 is 11.7 Å². The number of hydrogen-bond acceptors (Lipinski definition) is 5. The number of pyridine rings is 1. The lowest BCUT2D eigenvalue weighted by molar-refractivity contribution is -0.124. The maximum atomic E-state index is 12.9. The number of aromatic nitrogens is 1. The van der Waals surface area contributed by atoms with Gasteiger partial charge in [0.2, 0.25) is 0 Å². The highest BCUT2D eigenvalue weighted by Crippen LogP contribution is 2.25. The van der Waals surface area contributed by atoms with Crippen LogP contribution in [-0.4, -0.2) is 41.1 Å². The molecule has 0 aliphatic carbocycles. The molecule has 0 radical (unpaired) electrons. The van der Waals surface area contributed by atoms with Crippen LogP contribution >= 0.6 is 0 Å². The molecule has 28 heavy (non-hydrogen) atoms. The Bertz CT molecular complexity index is 862. The maximum absolute atomic E-state index is 12.9. The van der Waals surface area contributed by atoms with Gasteiger partial charge in [0.25, 0.3) is 11.8 Å². The summed E-state index contributed by atoms with van der Waals surface area (Å²) in [7, 11) is 0. The molecule has 3 rings (SSSR count). The third-order valence-corrected chi connectivity index (χ3v) is 4.59. The highest BCUT2D eigenvalue weighted by Gasteiger charge is 2.22. The predicted octanol–water partition coefficient (Wildman–Crippen LogP) is 2.14. The number of piperidine rings is 1. The molecule has 2 aromatic rings. The molecule has 0 bridgehead atoms. The molecule has 1 saturated heterocycles. The van der Waals surface area contributed by atoms with Crippen molar-refractivity contribution in [3.63, 3.8) is 0 Å². The summed E-state index contributed by atoms with van der Waals surface area (Å²) in [4.78, 5) is 29.5. The fourth-order valence-corrected chi connectivity index (χ4v) is 3.15. The molecule has 3 N–H and O–H groups in total. The van der Waals surface area contributed by atoms with Crippen molar-refractivity contribution < 1.29 is 19.2 Å². The predicted molar refractivity (Wildman–Crippen MR) is 102 cm³/mol. The van der Waals surface area contributed by atoms with Crippen molar-refractivity contribution in [1.29, 1.82) is 0 Å². The summed E-state index contributed by atoms with van der Waals surface area (Å²) in [6, 6.07) is 10.3. The Hall–Kier alpha value is -3.26. The van der Waals surface area contributed by atoms with Crippen LogP contribution in [0.1, 0.15) is 28.9 Å². The smallest absolute Gasteiger partial charge is 0.270 e. The average molecular weight is 384 g/mol. The van der Waals surface area contributed by atoms with Crippen molar-refractivity contribution in [2.45, 2.75) is 18.9 Å². The molecule has 8 heteroatoms. The fourth-order valence-electron chi connectivity index (χ4n) is 3.15. The number of anilines is 1. The van der Waals surface area contributed by atoms with E-state index in [0.717, 1.165) is 43.4 Å². The van der Waals surface area contributed by atoms with Crippen LogP contribution in [0.15, 0.2) is 48.7 Å². The third-order valence-electron chi connectivity index (χ3n) is 4.59. The Balaban J connectivity index is 1.60. The van der Waals surface area contributed by atoms with Gasteiger partial charge in [0.05, 0.1) is 6.20 Å². The molecular formula is C20H21FN4O3. The Morgan fingerprint density at radius 3 is 2.61 bits per heavy atom. The fraction of sp³-hybridized carbons (Fsp3) is 0.250. The van der Waals surface area contributed by atoms with E-state index in [4.69, 9.17) is 5.21 Å². The van der Waals surface area contributed by atoms with Crippen LogP contribution in [0, 0.1) is 5.82 Å². The van der Waals surface area contributed by atoms with E-state index in [9.17, 15) is 14.0 Å². The highest BCUT2D eigenvalue weighted by atomic mass is 19.1. The molecule has 1 aliphatic rings. The van der Waals surface area contributed by atoms with Gasteiger partial charge in [-0.05, 0) is 42.7 Å². The summed E-state index contributed by atoms with van der Waals surface area (Å²) in [5.74, 6) is -1.38. The van der Waals surface area contributed by atoms with E-state index >= 15 is 0 Å². The molecule has 146 valence electrons. The Morgan fingerprint density at radius 2 is 1.93 bits per heavy atom. The molecule has 2 heterocycles. The second kappa shape index (κ2) is 9.09. The van der Waals surface area contributed by atoms with Crippen molar-refractivity contribution in [1.82, 2.24) is 15.8 Å². The van der Waals surface area contributed by atoms with Crippen LogP contribution in [0.5, 0.6) is 0 Å².